The summed E-state index contributed by atoms with van der Waals surface area (Å²) >= 11 is 0. The van der Waals surface area contributed by atoms with Gasteiger partial charge in [0, 0.05) is 0 Å². The van der Waals surface area contributed by atoms with Gasteiger partial charge in [-0.25, -0.2) is 8.42 Å². The summed E-state index contributed by atoms with van der Waals surface area (Å²) in [6.07, 6.45) is 0.441. The number of carboxylic acids is 1. The minimum Gasteiger partial charge on any atom is -0.480 e. The molecule has 0 saturated heterocycles. The quantitative estimate of drug-likeness (QED) is 0.800. The molecule has 94 valence electrons. The van der Waals surface area contributed by atoms with Crippen molar-refractivity contribution in [1.82, 2.24) is 4.72 Å². The minimum absolute atomic E-state index is 0.0797. The molecule has 2 N–H and O–H groups in total. The van der Waals surface area contributed by atoms with Crippen LogP contribution in [0, 0.1) is 0 Å². The van der Waals surface area contributed by atoms with Crippen LogP contribution in [0.4, 0.5) is 0 Å². The Morgan fingerprint density at radius 3 is 2.41 bits per heavy atom. The molecular weight excluding hydrogens is 242 g/mol. The minimum atomic E-state index is -3.55. The van der Waals surface area contributed by atoms with Crippen molar-refractivity contribution >= 4 is 16.0 Å². The van der Waals surface area contributed by atoms with E-state index in [0.29, 0.717) is 12.0 Å². The zero-order valence-corrected chi connectivity index (χ0v) is 10.3. The summed E-state index contributed by atoms with van der Waals surface area (Å²) in [5.41, 5.74) is 0.416. The lowest BCUT2D eigenvalue weighted by molar-refractivity contribution is -0.139. The second kappa shape index (κ2) is 5.79. The zero-order valence-electron chi connectivity index (χ0n) is 9.46. The lowest BCUT2D eigenvalue weighted by atomic mass is 10.1. The van der Waals surface area contributed by atoms with E-state index in [1.54, 1.807) is 37.3 Å². The summed E-state index contributed by atoms with van der Waals surface area (Å²) in [6.45, 7) is 1.72. The van der Waals surface area contributed by atoms with Gasteiger partial charge >= 0.3 is 5.97 Å². The van der Waals surface area contributed by atoms with Gasteiger partial charge in [0.15, 0.2) is 0 Å². The van der Waals surface area contributed by atoms with E-state index < -0.39 is 22.0 Å². The van der Waals surface area contributed by atoms with Crippen LogP contribution in [0.5, 0.6) is 0 Å². The van der Waals surface area contributed by atoms with Crippen LogP contribution in [0.2, 0.25) is 0 Å². The van der Waals surface area contributed by atoms with Gasteiger partial charge in [-0.2, -0.15) is 4.72 Å². The molecule has 0 aromatic heterocycles. The molecule has 5 nitrogen and oxygen atoms in total. The first-order valence-corrected chi connectivity index (χ1v) is 6.89. The Morgan fingerprint density at radius 2 is 1.94 bits per heavy atom. The van der Waals surface area contributed by atoms with E-state index in [2.05, 4.69) is 4.72 Å². The van der Waals surface area contributed by atoms with Gasteiger partial charge in [0.1, 0.15) is 6.04 Å². The summed E-state index contributed by atoms with van der Waals surface area (Å²) in [5, 5.41) is 9.03. The highest BCUT2D eigenvalue weighted by atomic mass is 32.2. The van der Waals surface area contributed by atoms with Gasteiger partial charge < -0.3 is 5.11 Å². The normalized spacial score (nSPS) is 13.2. The fourth-order valence-electron chi connectivity index (χ4n) is 1.41. The maximum absolute atomic E-state index is 11.5. The van der Waals surface area contributed by atoms with Gasteiger partial charge in [0.05, 0.1) is 5.75 Å². The molecule has 0 heterocycles. The van der Waals surface area contributed by atoms with Crippen molar-refractivity contribution < 1.29 is 18.3 Å². The van der Waals surface area contributed by atoms with Crippen molar-refractivity contribution in [2.45, 2.75) is 19.4 Å². The van der Waals surface area contributed by atoms with Crippen LogP contribution in [0.15, 0.2) is 30.3 Å². The first-order chi connectivity index (χ1) is 7.96. The third-order valence-corrected chi connectivity index (χ3v) is 3.69. The lowest BCUT2D eigenvalue weighted by Gasteiger charge is -2.14. The Bertz CT molecular complexity index is 470. The summed E-state index contributed by atoms with van der Waals surface area (Å²) in [5.74, 6) is -1.29. The molecule has 0 bridgehead atoms. The lowest BCUT2D eigenvalue weighted by Crippen LogP contribution is -2.35. The van der Waals surface area contributed by atoms with Crippen LogP contribution in [-0.4, -0.2) is 25.2 Å². The molecule has 0 aliphatic heterocycles. The topological polar surface area (TPSA) is 83.5 Å². The highest BCUT2D eigenvalue weighted by Crippen LogP contribution is 2.14. The Balaban J connectivity index is 2.93. The average molecular weight is 257 g/mol. The number of rotatable bonds is 6. The van der Waals surface area contributed by atoms with Crippen LogP contribution in [0.25, 0.3) is 0 Å². The van der Waals surface area contributed by atoms with Crippen molar-refractivity contribution in [1.29, 1.82) is 0 Å². The Kier molecular flexibility index (Phi) is 4.65. The van der Waals surface area contributed by atoms with E-state index in [9.17, 15) is 13.2 Å². The fourth-order valence-corrected chi connectivity index (χ4v) is 2.67. The molecule has 1 aromatic rings. The smallest absolute Gasteiger partial charge is 0.326 e. The number of hydrogen-bond acceptors (Lipinski definition) is 3. The van der Waals surface area contributed by atoms with Gasteiger partial charge in [-0.1, -0.05) is 37.3 Å². The van der Waals surface area contributed by atoms with Crippen LogP contribution in [-0.2, 0) is 14.8 Å². The number of benzene rings is 1. The van der Waals surface area contributed by atoms with Crippen molar-refractivity contribution in [3.05, 3.63) is 35.9 Å². The molecule has 0 saturated carbocycles. The van der Waals surface area contributed by atoms with Crippen molar-refractivity contribution in [3.8, 4) is 0 Å². The molecular formula is C11H15NO4S. The number of aliphatic carboxylic acids is 1. The molecule has 0 unspecified atom stereocenters. The number of hydrogen-bond donors (Lipinski definition) is 2. The van der Waals surface area contributed by atoms with E-state index in [-0.39, 0.29) is 5.75 Å². The second-order valence-corrected chi connectivity index (χ2v) is 5.49. The van der Waals surface area contributed by atoms with Gasteiger partial charge in [-0.05, 0) is 12.0 Å². The van der Waals surface area contributed by atoms with E-state index in [1.165, 1.54) is 0 Å². The monoisotopic (exact) mass is 257 g/mol. The molecule has 6 heteroatoms. The average Bonchev–Trinajstić information content (AvgIpc) is 2.27. The second-order valence-electron chi connectivity index (χ2n) is 3.62. The molecule has 0 aliphatic rings. The maximum Gasteiger partial charge on any atom is 0.326 e. The number of nitrogens with one attached hydrogen (secondary N) is 1. The largest absolute Gasteiger partial charge is 0.480 e. The zero-order chi connectivity index (χ0) is 12.9. The van der Waals surface area contributed by atoms with Crippen LogP contribution in [0.1, 0.15) is 24.9 Å². The fraction of sp³-hybridized carbons (Fsp3) is 0.364. The Labute approximate surface area is 101 Å². The molecule has 0 amide bonds. The summed E-state index contributed by atoms with van der Waals surface area (Å²) in [7, 11) is -3.55. The first kappa shape index (κ1) is 13.7. The van der Waals surface area contributed by atoms with Gasteiger partial charge in [-0.3, -0.25) is 4.79 Å². The van der Waals surface area contributed by atoms with E-state index >= 15 is 0 Å². The third-order valence-electron chi connectivity index (χ3n) is 2.15. The van der Waals surface area contributed by atoms with Crippen molar-refractivity contribution in [3.63, 3.8) is 0 Å². The van der Waals surface area contributed by atoms with Crippen LogP contribution < -0.4 is 4.72 Å². The number of carbonyl (C=O) groups is 1. The molecule has 1 rings (SSSR count). The van der Waals surface area contributed by atoms with Gasteiger partial charge in [-0.15, -0.1) is 0 Å². The van der Waals surface area contributed by atoms with Crippen LogP contribution >= 0.6 is 0 Å². The molecule has 0 aliphatic carbocycles. The molecule has 0 spiro atoms. The Hall–Kier alpha value is -1.40. The van der Waals surface area contributed by atoms with Crippen LogP contribution in [0.3, 0.4) is 0 Å². The van der Waals surface area contributed by atoms with Crippen molar-refractivity contribution in [2.24, 2.45) is 0 Å². The SMILES string of the molecule is CCCS(=O)(=O)N[C@H](C(=O)O)c1ccccc1. The van der Waals surface area contributed by atoms with E-state index in [4.69, 9.17) is 5.11 Å². The highest BCUT2D eigenvalue weighted by molar-refractivity contribution is 7.89. The first-order valence-electron chi connectivity index (χ1n) is 5.24. The maximum atomic E-state index is 11.5. The third kappa shape index (κ3) is 4.16. The summed E-state index contributed by atoms with van der Waals surface area (Å²) < 4.78 is 25.3. The predicted molar refractivity (Wildman–Crippen MR) is 64.0 cm³/mol. The molecule has 0 radical (unpaired) electrons. The Morgan fingerprint density at radius 1 is 1.35 bits per heavy atom. The summed E-state index contributed by atoms with van der Waals surface area (Å²) in [6, 6.07) is 7.00. The molecule has 17 heavy (non-hydrogen) atoms. The molecule has 0 fully saturated rings. The predicted octanol–water partition coefficient (Wildman–Crippen LogP) is 1.14. The molecule has 1 atom stereocenters. The standard InChI is InChI=1S/C11H15NO4S/c1-2-8-17(15,16)12-10(11(13)14)9-6-4-3-5-7-9/h3-7,10,12H,2,8H2,1H3,(H,13,14)/t10-/m0/s1. The van der Waals surface area contributed by atoms with Gasteiger partial charge in [0.2, 0.25) is 10.0 Å². The van der Waals surface area contributed by atoms with E-state index in [1.807, 2.05) is 0 Å². The highest BCUT2D eigenvalue weighted by Gasteiger charge is 2.24. The van der Waals surface area contributed by atoms with Crippen molar-refractivity contribution in [2.75, 3.05) is 5.75 Å². The van der Waals surface area contributed by atoms with Gasteiger partial charge in [0.25, 0.3) is 0 Å². The molecule has 1 aromatic carbocycles. The summed E-state index contributed by atoms with van der Waals surface area (Å²) in [4.78, 5) is 11.1. The number of carboxylic acid groups (broad SMARTS) is 1. The number of sulfonamides is 1. The van der Waals surface area contributed by atoms with E-state index in [0.717, 1.165) is 0 Å².